The van der Waals surface area contributed by atoms with Gasteiger partial charge in [-0.2, -0.15) is 0 Å². The molecule has 0 fully saturated rings. The monoisotopic (exact) mass is 649 g/mol. The fourth-order valence-corrected chi connectivity index (χ4v) is 5.49. The molecule has 0 spiro atoms. The summed E-state index contributed by atoms with van der Waals surface area (Å²) in [4.78, 5) is 45.1. The lowest BCUT2D eigenvalue weighted by Gasteiger charge is -2.19. The summed E-state index contributed by atoms with van der Waals surface area (Å²) < 4.78 is 7.69. The molecule has 13 heteroatoms. The normalized spacial score (nSPS) is 11.6. The number of nitrogens with zero attached hydrogens (tertiary/aromatic N) is 5. The van der Waals surface area contributed by atoms with Gasteiger partial charge in [-0.1, -0.05) is 59.3 Å². The SMILES string of the molecule is COC(=O)Nc1ccc(-c2cnc([C@H](Cc3ccccc3)n3ccc(-c4cc(Cl)ccc4-n4nnc(C(=O)O)c4C)cc3=O)[nH]2)cc1. The van der Waals surface area contributed by atoms with Gasteiger partial charge in [0, 0.05) is 35.0 Å². The third kappa shape index (κ3) is 6.53. The van der Waals surface area contributed by atoms with Gasteiger partial charge in [-0.25, -0.2) is 19.3 Å². The van der Waals surface area contributed by atoms with Gasteiger partial charge >= 0.3 is 12.1 Å². The number of hydrogen-bond donors (Lipinski definition) is 3. The minimum absolute atomic E-state index is 0.170. The number of carbonyl (C=O) groups excluding carboxylic acids is 1. The van der Waals surface area contributed by atoms with Crippen molar-refractivity contribution in [3.63, 3.8) is 0 Å². The second kappa shape index (κ2) is 13.2. The van der Waals surface area contributed by atoms with Gasteiger partial charge in [0.1, 0.15) is 5.82 Å². The van der Waals surface area contributed by atoms with E-state index < -0.39 is 18.1 Å². The van der Waals surface area contributed by atoms with Crippen molar-refractivity contribution in [3.05, 3.63) is 135 Å². The molecule has 6 aromatic rings. The zero-order valence-corrected chi connectivity index (χ0v) is 26.0. The number of nitrogens with one attached hydrogen (secondary N) is 2. The first-order valence-corrected chi connectivity index (χ1v) is 14.8. The summed E-state index contributed by atoms with van der Waals surface area (Å²) in [6.07, 6.45) is 3.34. The average Bonchev–Trinajstić information content (AvgIpc) is 3.72. The summed E-state index contributed by atoms with van der Waals surface area (Å²) in [7, 11) is 1.30. The van der Waals surface area contributed by atoms with Crippen molar-refractivity contribution in [2.75, 3.05) is 12.4 Å². The molecule has 3 aromatic heterocycles. The molecule has 1 amide bonds. The molecule has 0 saturated heterocycles. The van der Waals surface area contributed by atoms with E-state index in [1.807, 2.05) is 42.5 Å². The number of carbonyl (C=O) groups is 2. The molecule has 6 rings (SSSR count). The minimum Gasteiger partial charge on any atom is -0.476 e. The molecule has 12 nitrogen and oxygen atoms in total. The van der Waals surface area contributed by atoms with Crippen LogP contribution in [0.2, 0.25) is 5.02 Å². The van der Waals surface area contributed by atoms with Crippen molar-refractivity contribution < 1.29 is 19.4 Å². The van der Waals surface area contributed by atoms with Crippen molar-refractivity contribution in [1.82, 2.24) is 29.5 Å². The Kier molecular flexibility index (Phi) is 8.67. The van der Waals surface area contributed by atoms with Crippen LogP contribution in [0.5, 0.6) is 0 Å². The van der Waals surface area contributed by atoms with Gasteiger partial charge in [-0.05, 0) is 60.0 Å². The third-order valence-corrected chi connectivity index (χ3v) is 7.92. The maximum absolute atomic E-state index is 13.9. The van der Waals surface area contributed by atoms with E-state index in [1.165, 1.54) is 17.9 Å². The number of halogens is 1. The maximum atomic E-state index is 13.9. The van der Waals surface area contributed by atoms with Gasteiger partial charge in [0.05, 0.1) is 36.4 Å². The molecule has 0 bridgehead atoms. The topological polar surface area (TPSA) is 157 Å². The quantitative estimate of drug-likeness (QED) is 0.168. The highest BCUT2D eigenvalue weighted by atomic mass is 35.5. The van der Waals surface area contributed by atoms with Crippen molar-refractivity contribution in [2.24, 2.45) is 0 Å². The molecular weight excluding hydrogens is 622 g/mol. The van der Waals surface area contributed by atoms with Crippen molar-refractivity contribution in [3.8, 4) is 28.1 Å². The molecule has 3 heterocycles. The van der Waals surface area contributed by atoms with E-state index in [4.69, 9.17) is 11.6 Å². The smallest absolute Gasteiger partial charge is 0.411 e. The molecule has 0 unspecified atom stereocenters. The highest BCUT2D eigenvalue weighted by Crippen LogP contribution is 2.31. The molecule has 0 aliphatic rings. The Hall–Kier alpha value is -6.01. The van der Waals surface area contributed by atoms with Crippen LogP contribution in [0.4, 0.5) is 10.5 Å². The van der Waals surface area contributed by atoms with E-state index in [2.05, 4.69) is 30.3 Å². The molecule has 1 atom stereocenters. The van der Waals surface area contributed by atoms with Gasteiger partial charge in [0.25, 0.3) is 5.56 Å². The number of rotatable bonds is 9. The van der Waals surface area contributed by atoms with E-state index >= 15 is 0 Å². The predicted octanol–water partition coefficient (Wildman–Crippen LogP) is 6.16. The van der Waals surface area contributed by atoms with Crippen molar-refractivity contribution in [2.45, 2.75) is 19.4 Å². The Bertz CT molecular complexity index is 2140. The molecule has 236 valence electrons. The van der Waals surface area contributed by atoms with E-state index in [9.17, 15) is 19.5 Å². The number of hydrogen-bond acceptors (Lipinski definition) is 7. The molecule has 0 aliphatic heterocycles. The van der Waals surface area contributed by atoms with Gasteiger partial charge < -0.3 is 19.4 Å². The summed E-state index contributed by atoms with van der Waals surface area (Å²) >= 11 is 6.37. The lowest BCUT2D eigenvalue weighted by Crippen LogP contribution is -2.27. The highest BCUT2D eigenvalue weighted by molar-refractivity contribution is 6.31. The van der Waals surface area contributed by atoms with Crippen LogP contribution in [0.3, 0.4) is 0 Å². The number of amides is 1. The van der Waals surface area contributed by atoms with Crippen LogP contribution >= 0.6 is 11.6 Å². The number of aromatic nitrogens is 6. The maximum Gasteiger partial charge on any atom is 0.411 e. The number of aromatic carboxylic acids is 1. The van der Waals surface area contributed by atoms with Crippen LogP contribution in [0.15, 0.2) is 102 Å². The molecule has 0 aliphatic carbocycles. The van der Waals surface area contributed by atoms with Crippen LogP contribution in [-0.4, -0.2) is 53.8 Å². The Morgan fingerprint density at radius 2 is 1.79 bits per heavy atom. The lowest BCUT2D eigenvalue weighted by molar-refractivity contribution is 0.0689. The number of H-pyrrole nitrogens is 1. The van der Waals surface area contributed by atoms with E-state index in [-0.39, 0.29) is 11.3 Å². The Labute approximate surface area is 273 Å². The Morgan fingerprint density at radius 1 is 1.02 bits per heavy atom. The lowest BCUT2D eigenvalue weighted by atomic mass is 10.0. The number of carboxylic acids is 1. The first-order chi connectivity index (χ1) is 22.7. The van der Waals surface area contributed by atoms with Gasteiger partial charge in [-0.15, -0.1) is 5.10 Å². The first-order valence-electron chi connectivity index (χ1n) is 14.4. The molecule has 47 heavy (non-hydrogen) atoms. The van der Waals surface area contributed by atoms with Crippen LogP contribution < -0.4 is 10.9 Å². The Morgan fingerprint density at radius 3 is 2.47 bits per heavy atom. The van der Waals surface area contributed by atoms with Gasteiger partial charge in [0.2, 0.25) is 0 Å². The summed E-state index contributed by atoms with van der Waals surface area (Å²) in [5.41, 5.74) is 4.71. The summed E-state index contributed by atoms with van der Waals surface area (Å²) in [6, 6.07) is 24.9. The number of imidazole rings is 1. The van der Waals surface area contributed by atoms with E-state index in [0.29, 0.717) is 45.5 Å². The summed E-state index contributed by atoms with van der Waals surface area (Å²) in [6.45, 7) is 1.61. The average molecular weight is 650 g/mol. The standard InChI is InChI=1S/C34H28ClN7O5/c1-20-31(33(44)45)39-40-42(20)28-13-10-24(35)18-26(28)23-14-15-41(30(43)17-23)29(16-21-6-4-3-5-7-21)32-36-19-27(38-32)22-8-11-25(12-9-22)37-34(46)47-2/h3-15,17-19,29H,16H2,1-2H3,(H,36,38)(H,37,46)(H,44,45)/t29-/m0/s1. The van der Waals surface area contributed by atoms with Crippen LogP contribution in [-0.2, 0) is 11.2 Å². The van der Waals surface area contributed by atoms with Gasteiger partial charge in [-0.3, -0.25) is 10.1 Å². The number of anilines is 1. The molecule has 3 N–H and O–H groups in total. The van der Waals surface area contributed by atoms with E-state index in [0.717, 1.165) is 16.8 Å². The zero-order valence-electron chi connectivity index (χ0n) is 25.2. The van der Waals surface area contributed by atoms with Crippen molar-refractivity contribution >= 4 is 29.4 Å². The van der Waals surface area contributed by atoms with Crippen LogP contribution in [0.25, 0.3) is 28.1 Å². The fourth-order valence-electron chi connectivity index (χ4n) is 5.31. The highest BCUT2D eigenvalue weighted by Gasteiger charge is 2.22. The van der Waals surface area contributed by atoms with Gasteiger partial charge in [0.15, 0.2) is 5.69 Å². The second-order valence-corrected chi connectivity index (χ2v) is 11.1. The minimum atomic E-state index is -1.19. The number of carboxylic acid groups (broad SMARTS) is 1. The number of ether oxygens (including phenoxy) is 1. The first kappa shape index (κ1) is 31.0. The number of aromatic amines is 1. The molecular formula is C34H28ClN7O5. The zero-order chi connectivity index (χ0) is 33.1. The third-order valence-electron chi connectivity index (χ3n) is 7.69. The second-order valence-electron chi connectivity index (χ2n) is 10.6. The Balaban J connectivity index is 1.37. The fraction of sp³-hybridized carbons (Fsp3) is 0.118. The molecule has 0 saturated carbocycles. The summed E-state index contributed by atoms with van der Waals surface area (Å²) in [5.74, 6) is -0.608. The van der Waals surface area contributed by atoms with Crippen molar-refractivity contribution in [1.29, 1.82) is 0 Å². The molecule has 0 radical (unpaired) electrons. The largest absolute Gasteiger partial charge is 0.476 e. The molecule has 3 aromatic carbocycles. The number of benzene rings is 3. The predicted molar refractivity (Wildman–Crippen MR) is 176 cm³/mol. The van der Waals surface area contributed by atoms with E-state index in [1.54, 1.807) is 60.3 Å². The number of pyridine rings is 1. The van der Waals surface area contributed by atoms with Crippen LogP contribution in [0.1, 0.15) is 33.6 Å². The summed E-state index contributed by atoms with van der Waals surface area (Å²) in [5, 5.41) is 20.4. The van der Waals surface area contributed by atoms with Crippen LogP contribution in [0, 0.1) is 6.92 Å². The number of methoxy groups -OCH3 is 1.